The molecule has 3 aliphatic heterocycles. The average Bonchev–Trinajstić information content (AvgIpc) is 3.53. The number of nitrogens with zero attached hydrogens (tertiary/aromatic N) is 7. The maximum atomic E-state index is 14.0. The Morgan fingerprint density at radius 3 is 2.65 bits per heavy atom. The quantitative estimate of drug-likeness (QED) is 0.305. The Morgan fingerprint density at radius 1 is 1.10 bits per heavy atom. The zero-order valence-corrected chi connectivity index (χ0v) is 28.6. The van der Waals surface area contributed by atoms with E-state index in [1.54, 1.807) is 36.5 Å². The van der Waals surface area contributed by atoms with Crippen molar-refractivity contribution < 1.29 is 16.0 Å². The number of amides is 1. The van der Waals surface area contributed by atoms with E-state index < -0.39 is 0 Å². The number of nitrogens with one attached hydrogen (secondary N) is 1. The molecule has 1 aliphatic carbocycles. The van der Waals surface area contributed by atoms with Crippen LogP contribution in [0.15, 0.2) is 53.7 Å². The molecule has 1 amide bonds. The van der Waals surface area contributed by atoms with Crippen LogP contribution in [-0.4, -0.2) is 86.5 Å². The highest BCUT2D eigenvalue weighted by Gasteiger charge is 2.38. The normalized spacial score (nSPS) is 21.0. The molecule has 49 heavy (non-hydrogen) atoms. The molecule has 2 saturated heterocycles. The van der Waals surface area contributed by atoms with Gasteiger partial charge in [0.25, 0.3) is 11.5 Å². The number of piperazine rings is 1. The predicted octanol–water partition coefficient (Wildman–Crippen LogP) is 3.57. The Morgan fingerprint density at radius 2 is 1.94 bits per heavy atom. The van der Waals surface area contributed by atoms with Crippen molar-refractivity contribution in [2.45, 2.75) is 58.8 Å². The number of rotatable bonds is 7. The summed E-state index contributed by atoms with van der Waals surface area (Å²) in [5.41, 5.74) is 5.48. The van der Waals surface area contributed by atoms with Crippen LogP contribution in [0.1, 0.15) is 49.5 Å². The summed E-state index contributed by atoms with van der Waals surface area (Å²) >= 11 is 0. The maximum Gasteiger partial charge on any atom is 0.276 e. The Kier molecular flexibility index (Phi) is 7.55. The summed E-state index contributed by atoms with van der Waals surface area (Å²) in [6.45, 7) is 11.7. The van der Waals surface area contributed by atoms with E-state index in [9.17, 15) is 14.7 Å². The van der Waals surface area contributed by atoms with E-state index in [0.717, 1.165) is 62.6 Å². The van der Waals surface area contributed by atoms with Crippen LogP contribution in [-0.2, 0) is 37.8 Å². The molecule has 0 bridgehead atoms. The Hall–Kier alpha value is -4.52. The van der Waals surface area contributed by atoms with Gasteiger partial charge in [-0.3, -0.25) is 19.4 Å². The summed E-state index contributed by atoms with van der Waals surface area (Å²) < 4.78 is 17.8. The standard InChI is InChI=1S/C37H44N8O4/c1-23-18-42(27-21-49-22-27)9-10-43(23)26-5-6-33(39-17-26)40-30-13-25(19-41(4)35(30)47)28-7-8-38-34(29(28)20-46)45-12-11-44-31(36(45)48)14-24-15-37(2,3)16-32(24)44/h5-8,13-14,17,19,23,27,46H,9-12,15-16,18,20-22H2,1-4H3,(H,39,40)/t23-/m0/s1/i14D. The Bertz CT molecular complexity index is 2040. The topological polar surface area (TPSA) is 121 Å². The lowest BCUT2D eigenvalue weighted by molar-refractivity contribution is -0.0691. The van der Waals surface area contributed by atoms with Crippen molar-refractivity contribution in [3.05, 3.63) is 81.8 Å². The summed E-state index contributed by atoms with van der Waals surface area (Å²) in [6, 6.07) is 8.63. The first-order valence-electron chi connectivity index (χ1n) is 17.7. The molecule has 4 aromatic rings. The van der Waals surface area contributed by atoms with Crippen LogP contribution >= 0.6 is 0 Å². The summed E-state index contributed by atoms with van der Waals surface area (Å²) in [5.74, 6) is 0.621. The fraction of sp³-hybridized carbons (Fsp3) is 0.459. The minimum atomic E-state index is -0.364. The molecular weight excluding hydrogens is 620 g/mol. The molecule has 12 nitrogen and oxygen atoms in total. The van der Waals surface area contributed by atoms with Gasteiger partial charge < -0.3 is 29.2 Å². The van der Waals surface area contributed by atoms with E-state index in [0.29, 0.717) is 70.9 Å². The van der Waals surface area contributed by atoms with Crippen molar-refractivity contribution in [3.63, 3.8) is 0 Å². The van der Waals surface area contributed by atoms with Crippen molar-refractivity contribution in [1.29, 1.82) is 0 Å². The number of aliphatic hydroxyl groups is 1. The smallest absolute Gasteiger partial charge is 0.276 e. The lowest BCUT2D eigenvalue weighted by Gasteiger charge is -2.46. The molecule has 7 heterocycles. The van der Waals surface area contributed by atoms with Gasteiger partial charge in [-0.2, -0.15) is 0 Å². The minimum Gasteiger partial charge on any atom is -0.392 e. The lowest BCUT2D eigenvalue weighted by Crippen LogP contribution is -2.59. The minimum absolute atomic E-state index is 0.0751. The van der Waals surface area contributed by atoms with Crippen molar-refractivity contribution in [3.8, 4) is 11.1 Å². The second-order valence-corrected chi connectivity index (χ2v) is 14.7. The predicted molar refractivity (Wildman–Crippen MR) is 189 cm³/mol. The zero-order valence-electron chi connectivity index (χ0n) is 29.6. The first-order valence-corrected chi connectivity index (χ1v) is 17.2. The third kappa shape index (κ3) is 5.61. The highest BCUT2D eigenvalue weighted by molar-refractivity contribution is 6.06. The first-order chi connectivity index (χ1) is 24.0. The fourth-order valence-corrected chi connectivity index (χ4v) is 7.96. The van der Waals surface area contributed by atoms with Gasteiger partial charge in [0.05, 0.1) is 39.1 Å². The highest BCUT2D eigenvalue weighted by atomic mass is 16.5. The number of aliphatic hydroxyl groups excluding tert-OH is 1. The molecule has 0 aromatic carbocycles. The zero-order chi connectivity index (χ0) is 34.9. The molecule has 0 saturated carbocycles. The average molecular weight is 666 g/mol. The number of aromatic nitrogens is 4. The van der Waals surface area contributed by atoms with Gasteiger partial charge in [0.15, 0.2) is 0 Å². The molecule has 256 valence electrons. The van der Waals surface area contributed by atoms with Gasteiger partial charge in [-0.1, -0.05) is 13.8 Å². The van der Waals surface area contributed by atoms with Crippen LogP contribution in [0.4, 0.5) is 23.0 Å². The number of carbonyl (C=O) groups is 1. The van der Waals surface area contributed by atoms with E-state index in [2.05, 4.69) is 45.9 Å². The number of hydrogen-bond acceptors (Lipinski definition) is 9. The van der Waals surface area contributed by atoms with Gasteiger partial charge in [0, 0.05) is 75.0 Å². The van der Waals surface area contributed by atoms with Crippen LogP contribution < -0.4 is 20.7 Å². The molecule has 0 radical (unpaired) electrons. The van der Waals surface area contributed by atoms with Crippen molar-refractivity contribution in [2.24, 2.45) is 12.5 Å². The lowest BCUT2D eigenvalue weighted by atomic mass is 9.90. The molecule has 8 rings (SSSR count). The number of anilines is 4. The molecule has 2 N–H and O–H groups in total. The van der Waals surface area contributed by atoms with Crippen LogP contribution in [0.5, 0.6) is 0 Å². The van der Waals surface area contributed by atoms with Gasteiger partial charge in [-0.05, 0) is 66.6 Å². The van der Waals surface area contributed by atoms with Gasteiger partial charge in [-0.15, -0.1) is 0 Å². The fourth-order valence-electron chi connectivity index (χ4n) is 7.96. The number of aryl methyl sites for hydroxylation is 1. The van der Waals surface area contributed by atoms with E-state index in [1.165, 1.54) is 4.57 Å². The second kappa shape index (κ2) is 12.1. The number of pyridine rings is 3. The monoisotopic (exact) mass is 665 g/mol. The Labute approximate surface area is 287 Å². The van der Waals surface area contributed by atoms with Gasteiger partial charge in [0.1, 0.15) is 23.0 Å². The number of ether oxygens (including phenoxy) is 1. The first kappa shape index (κ1) is 30.5. The van der Waals surface area contributed by atoms with Gasteiger partial charge >= 0.3 is 0 Å². The molecule has 12 heteroatoms. The molecule has 4 aromatic heterocycles. The highest BCUT2D eigenvalue weighted by Crippen LogP contribution is 2.40. The van der Waals surface area contributed by atoms with E-state index in [1.807, 2.05) is 22.9 Å². The van der Waals surface area contributed by atoms with E-state index >= 15 is 0 Å². The van der Waals surface area contributed by atoms with E-state index in [-0.39, 0.29) is 23.5 Å². The molecule has 4 aliphatic rings. The molecular formula is C37H44N8O4. The largest absolute Gasteiger partial charge is 0.392 e. The maximum absolute atomic E-state index is 14.0. The molecule has 1 atom stereocenters. The van der Waals surface area contributed by atoms with Crippen LogP contribution in [0.3, 0.4) is 0 Å². The summed E-state index contributed by atoms with van der Waals surface area (Å²) in [5, 5.41) is 13.9. The Balaban J connectivity index is 1.05. The summed E-state index contributed by atoms with van der Waals surface area (Å²) in [7, 11) is 1.68. The number of fused-ring (bicyclic) bond motifs is 3. The van der Waals surface area contributed by atoms with Gasteiger partial charge in [0.2, 0.25) is 0 Å². The summed E-state index contributed by atoms with van der Waals surface area (Å²) in [4.78, 5) is 43.0. The molecule has 2 fully saturated rings. The van der Waals surface area contributed by atoms with Crippen LogP contribution in [0.2, 0.25) is 0 Å². The molecule has 0 spiro atoms. The second-order valence-electron chi connectivity index (χ2n) is 14.7. The SMILES string of the molecule is [2H]c1c2c(n3c1C(=O)N(c1nccc(-c4cc(Nc5ccc(N6CCN(C7COC7)C[C@@H]6C)cn5)c(=O)n(C)c4)c1CO)CC3)CC(C)(C)C2. The van der Waals surface area contributed by atoms with Crippen molar-refractivity contribution in [1.82, 2.24) is 24.0 Å². The van der Waals surface area contributed by atoms with Crippen LogP contribution in [0.25, 0.3) is 11.1 Å². The van der Waals surface area contributed by atoms with E-state index in [4.69, 9.17) is 6.11 Å². The van der Waals surface area contributed by atoms with Crippen LogP contribution in [0, 0.1) is 5.41 Å². The summed E-state index contributed by atoms with van der Waals surface area (Å²) in [6.07, 6.45) is 6.80. The third-order valence-electron chi connectivity index (χ3n) is 10.6. The molecule has 0 unspecified atom stereocenters. The number of hydrogen-bond donors (Lipinski definition) is 2. The van der Waals surface area contributed by atoms with Crippen molar-refractivity contribution in [2.75, 3.05) is 54.5 Å². The third-order valence-corrected chi connectivity index (χ3v) is 10.6. The van der Waals surface area contributed by atoms with Crippen molar-refractivity contribution >= 4 is 28.9 Å². The number of carbonyl (C=O) groups excluding carboxylic acids is 1. The van der Waals surface area contributed by atoms with Gasteiger partial charge in [-0.25, -0.2) is 9.97 Å².